The predicted molar refractivity (Wildman–Crippen MR) is 90.2 cm³/mol. The molecule has 0 saturated heterocycles. The molecule has 0 unspecified atom stereocenters. The van der Waals surface area contributed by atoms with Gasteiger partial charge in [0.05, 0.1) is 12.1 Å². The lowest BCUT2D eigenvalue weighted by atomic mass is 10.2. The van der Waals surface area contributed by atoms with Gasteiger partial charge in [0, 0.05) is 25.6 Å². The van der Waals surface area contributed by atoms with E-state index in [-0.39, 0.29) is 11.7 Å². The summed E-state index contributed by atoms with van der Waals surface area (Å²) in [6.07, 6.45) is 6.62. The Morgan fingerprint density at radius 3 is 2.68 bits per heavy atom. The average Bonchev–Trinajstić information content (AvgIpc) is 3.17. The van der Waals surface area contributed by atoms with Crippen molar-refractivity contribution in [3.05, 3.63) is 72.7 Å². The molecule has 0 radical (unpaired) electrons. The molecule has 0 fully saturated rings. The van der Waals surface area contributed by atoms with Crippen LogP contribution in [0.1, 0.15) is 10.4 Å². The van der Waals surface area contributed by atoms with Gasteiger partial charge in [0.15, 0.2) is 0 Å². The van der Waals surface area contributed by atoms with Crippen molar-refractivity contribution in [3.8, 4) is 11.6 Å². The Morgan fingerprint density at radius 1 is 1.24 bits per heavy atom. The van der Waals surface area contributed by atoms with Crippen LogP contribution in [-0.2, 0) is 0 Å². The average molecular weight is 340 g/mol. The molecule has 0 atom stereocenters. The van der Waals surface area contributed by atoms with Crippen LogP contribution in [0.25, 0.3) is 5.82 Å². The Morgan fingerprint density at radius 2 is 2.04 bits per heavy atom. The number of hydrogen-bond acceptors (Lipinski definition) is 4. The minimum Gasteiger partial charge on any atom is -0.492 e. The maximum absolute atomic E-state index is 12.8. The van der Waals surface area contributed by atoms with E-state index in [4.69, 9.17) is 4.74 Å². The summed E-state index contributed by atoms with van der Waals surface area (Å²) >= 11 is 0. The summed E-state index contributed by atoms with van der Waals surface area (Å²) in [7, 11) is 1.69. The fourth-order valence-corrected chi connectivity index (χ4v) is 2.21. The summed E-state index contributed by atoms with van der Waals surface area (Å²) in [6, 6.07) is 9.25. The van der Waals surface area contributed by atoms with Gasteiger partial charge in [-0.25, -0.2) is 14.4 Å². The van der Waals surface area contributed by atoms with Crippen molar-refractivity contribution in [1.82, 2.24) is 19.4 Å². The van der Waals surface area contributed by atoms with Crippen molar-refractivity contribution in [2.24, 2.45) is 0 Å². The number of pyridine rings is 1. The molecule has 25 heavy (non-hydrogen) atoms. The van der Waals surface area contributed by atoms with Gasteiger partial charge < -0.3 is 9.64 Å². The molecule has 0 bridgehead atoms. The number of imidazole rings is 1. The molecule has 3 rings (SSSR count). The van der Waals surface area contributed by atoms with E-state index in [1.807, 2.05) is 0 Å². The van der Waals surface area contributed by atoms with Gasteiger partial charge in [-0.05, 0) is 36.4 Å². The number of nitrogens with zero attached hydrogens (tertiary/aromatic N) is 4. The number of carbonyl (C=O) groups excluding carboxylic acids is 1. The SMILES string of the molecule is CN(CCOc1ccc(F)cc1)C(=O)c1ccc(-n2ccnc2)nc1. The monoisotopic (exact) mass is 340 g/mol. The zero-order valence-electron chi connectivity index (χ0n) is 13.7. The Labute approximate surface area is 144 Å². The molecule has 6 nitrogen and oxygen atoms in total. The molecule has 0 spiro atoms. The smallest absolute Gasteiger partial charge is 0.255 e. The normalized spacial score (nSPS) is 10.5. The van der Waals surface area contributed by atoms with E-state index < -0.39 is 0 Å². The molecule has 2 aromatic heterocycles. The molecule has 7 heteroatoms. The van der Waals surface area contributed by atoms with Crippen molar-refractivity contribution in [1.29, 1.82) is 0 Å². The summed E-state index contributed by atoms with van der Waals surface area (Å²) in [4.78, 5) is 22.2. The quantitative estimate of drug-likeness (QED) is 0.692. The lowest BCUT2D eigenvalue weighted by Crippen LogP contribution is -2.31. The van der Waals surface area contributed by atoms with Crippen LogP contribution < -0.4 is 4.74 Å². The van der Waals surface area contributed by atoms with Crippen molar-refractivity contribution in [2.45, 2.75) is 0 Å². The number of benzene rings is 1. The van der Waals surface area contributed by atoms with Crippen LogP contribution >= 0.6 is 0 Å². The van der Waals surface area contributed by atoms with E-state index in [2.05, 4.69) is 9.97 Å². The number of aromatic nitrogens is 3. The molecular formula is C18H17FN4O2. The number of hydrogen-bond donors (Lipinski definition) is 0. The maximum Gasteiger partial charge on any atom is 0.255 e. The van der Waals surface area contributed by atoms with E-state index in [0.717, 1.165) is 0 Å². The number of halogens is 1. The summed E-state index contributed by atoms with van der Waals surface area (Å²) < 4.78 is 20.1. The number of carbonyl (C=O) groups is 1. The second-order valence-corrected chi connectivity index (χ2v) is 5.40. The third-order valence-electron chi connectivity index (χ3n) is 3.62. The first-order chi connectivity index (χ1) is 12.1. The summed E-state index contributed by atoms with van der Waals surface area (Å²) in [5, 5.41) is 0. The van der Waals surface area contributed by atoms with Gasteiger partial charge in [0.25, 0.3) is 5.91 Å². The highest BCUT2D eigenvalue weighted by Crippen LogP contribution is 2.11. The zero-order valence-corrected chi connectivity index (χ0v) is 13.7. The van der Waals surface area contributed by atoms with Crippen LogP contribution in [0.15, 0.2) is 61.3 Å². The standard InChI is InChI=1S/C18H17FN4O2/c1-22(10-11-25-16-5-3-15(19)4-6-16)18(24)14-2-7-17(21-12-14)23-9-8-20-13-23/h2-9,12-13H,10-11H2,1H3. The van der Waals surface area contributed by atoms with Crippen molar-refractivity contribution in [3.63, 3.8) is 0 Å². The number of ether oxygens (including phenoxy) is 1. The van der Waals surface area contributed by atoms with Crippen LogP contribution in [0.3, 0.4) is 0 Å². The van der Waals surface area contributed by atoms with Crippen LogP contribution in [-0.4, -0.2) is 45.5 Å². The second kappa shape index (κ2) is 7.57. The topological polar surface area (TPSA) is 60.2 Å². The highest BCUT2D eigenvalue weighted by atomic mass is 19.1. The summed E-state index contributed by atoms with van der Waals surface area (Å²) in [6.45, 7) is 0.716. The molecule has 0 N–H and O–H groups in total. The summed E-state index contributed by atoms with van der Waals surface area (Å²) in [5.74, 6) is 0.795. The first-order valence-electron chi connectivity index (χ1n) is 7.72. The molecule has 3 aromatic rings. The molecule has 2 heterocycles. The van der Waals surface area contributed by atoms with E-state index in [0.29, 0.717) is 30.3 Å². The van der Waals surface area contributed by atoms with E-state index in [9.17, 15) is 9.18 Å². The lowest BCUT2D eigenvalue weighted by molar-refractivity contribution is 0.0773. The van der Waals surface area contributed by atoms with E-state index in [1.54, 1.807) is 59.5 Å². The largest absolute Gasteiger partial charge is 0.492 e. The Kier molecular flexibility index (Phi) is 5.03. The fourth-order valence-electron chi connectivity index (χ4n) is 2.21. The Balaban J connectivity index is 1.54. The van der Waals surface area contributed by atoms with Crippen LogP contribution in [0.2, 0.25) is 0 Å². The number of amides is 1. The van der Waals surface area contributed by atoms with Gasteiger partial charge in [-0.3, -0.25) is 9.36 Å². The van der Waals surface area contributed by atoms with E-state index in [1.165, 1.54) is 18.3 Å². The van der Waals surface area contributed by atoms with Crippen LogP contribution in [0.5, 0.6) is 5.75 Å². The molecule has 0 aliphatic rings. The maximum atomic E-state index is 12.8. The molecule has 0 aliphatic carbocycles. The van der Waals surface area contributed by atoms with Gasteiger partial charge in [-0.15, -0.1) is 0 Å². The van der Waals surface area contributed by atoms with Crippen molar-refractivity contribution in [2.75, 3.05) is 20.2 Å². The first kappa shape index (κ1) is 16.6. The van der Waals surface area contributed by atoms with Crippen molar-refractivity contribution < 1.29 is 13.9 Å². The predicted octanol–water partition coefficient (Wildman–Crippen LogP) is 2.56. The highest BCUT2D eigenvalue weighted by Gasteiger charge is 2.12. The highest BCUT2D eigenvalue weighted by molar-refractivity contribution is 5.93. The molecule has 1 amide bonds. The fraction of sp³-hybridized carbons (Fsp3) is 0.167. The van der Waals surface area contributed by atoms with Crippen molar-refractivity contribution >= 4 is 5.91 Å². The number of likely N-dealkylation sites (N-methyl/N-ethyl adjacent to an activating group) is 1. The first-order valence-corrected chi connectivity index (χ1v) is 7.72. The minimum atomic E-state index is -0.314. The van der Waals surface area contributed by atoms with Gasteiger partial charge in [0.1, 0.15) is 30.3 Å². The van der Waals surface area contributed by atoms with Gasteiger partial charge in [-0.2, -0.15) is 0 Å². The third-order valence-corrected chi connectivity index (χ3v) is 3.62. The zero-order chi connectivity index (χ0) is 17.6. The molecule has 1 aromatic carbocycles. The lowest BCUT2D eigenvalue weighted by Gasteiger charge is -2.17. The van der Waals surface area contributed by atoms with Gasteiger partial charge in [0.2, 0.25) is 0 Å². The second-order valence-electron chi connectivity index (χ2n) is 5.40. The van der Waals surface area contributed by atoms with Gasteiger partial charge >= 0.3 is 0 Å². The third kappa shape index (κ3) is 4.20. The minimum absolute atomic E-state index is 0.146. The number of rotatable bonds is 6. The Bertz CT molecular complexity index is 817. The van der Waals surface area contributed by atoms with Crippen LogP contribution in [0.4, 0.5) is 4.39 Å². The van der Waals surface area contributed by atoms with Gasteiger partial charge in [-0.1, -0.05) is 0 Å². The molecular weight excluding hydrogens is 323 g/mol. The molecule has 128 valence electrons. The van der Waals surface area contributed by atoms with E-state index >= 15 is 0 Å². The molecule has 0 saturated carbocycles. The molecule has 0 aliphatic heterocycles. The van der Waals surface area contributed by atoms with Crippen LogP contribution in [0, 0.1) is 5.82 Å². The Hall–Kier alpha value is -3.22. The summed E-state index contributed by atoms with van der Waals surface area (Å²) in [5.41, 5.74) is 0.494.